The summed E-state index contributed by atoms with van der Waals surface area (Å²) in [5.41, 5.74) is 1.05. The third-order valence-electron chi connectivity index (χ3n) is 3.91. The van der Waals surface area contributed by atoms with E-state index in [9.17, 15) is 9.90 Å². The number of benzene rings is 1. The molecule has 1 amide bonds. The molecule has 1 fully saturated rings. The van der Waals surface area contributed by atoms with Gasteiger partial charge in [-0.15, -0.1) is 0 Å². The van der Waals surface area contributed by atoms with Gasteiger partial charge in [0.1, 0.15) is 5.75 Å². The molecule has 1 aliphatic heterocycles. The van der Waals surface area contributed by atoms with E-state index < -0.39 is 0 Å². The fourth-order valence-electron chi connectivity index (χ4n) is 2.59. The molecule has 5 heteroatoms. The molecular weight excluding hydrogens is 288 g/mol. The fourth-order valence-corrected chi connectivity index (χ4v) is 2.79. The molecule has 21 heavy (non-hydrogen) atoms. The van der Waals surface area contributed by atoms with Crippen molar-refractivity contribution in [3.8, 4) is 5.75 Å². The van der Waals surface area contributed by atoms with Crippen LogP contribution in [0, 0.1) is 5.92 Å². The van der Waals surface area contributed by atoms with Gasteiger partial charge in [-0.1, -0.05) is 31.5 Å². The van der Waals surface area contributed by atoms with E-state index in [2.05, 4.69) is 5.32 Å². The number of piperidine rings is 1. The van der Waals surface area contributed by atoms with E-state index in [1.54, 1.807) is 12.1 Å². The summed E-state index contributed by atoms with van der Waals surface area (Å²) in [7, 11) is 0. The summed E-state index contributed by atoms with van der Waals surface area (Å²) in [6.45, 7) is 6.27. The van der Waals surface area contributed by atoms with Crippen LogP contribution in [0.15, 0.2) is 18.2 Å². The number of carbonyl (C=O) groups excluding carboxylic acids is 1. The molecule has 0 saturated carbocycles. The van der Waals surface area contributed by atoms with Crippen LogP contribution in [0.25, 0.3) is 0 Å². The van der Waals surface area contributed by atoms with Gasteiger partial charge in [0.2, 0.25) is 5.91 Å². The van der Waals surface area contributed by atoms with Crippen molar-refractivity contribution in [2.75, 3.05) is 13.1 Å². The number of amides is 1. The minimum atomic E-state index is 0.0775. The Balaban J connectivity index is 1.78. The highest BCUT2D eigenvalue weighted by Crippen LogP contribution is 2.23. The highest BCUT2D eigenvalue weighted by molar-refractivity contribution is 6.32. The van der Waals surface area contributed by atoms with Crippen LogP contribution in [0.4, 0.5) is 0 Å². The lowest BCUT2D eigenvalue weighted by molar-refractivity contribution is -0.135. The van der Waals surface area contributed by atoms with Crippen LogP contribution in [0.5, 0.6) is 5.75 Å². The first kappa shape index (κ1) is 16.1. The van der Waals surface area contributed by atoms with E-state index in [-0.39, 0.29) is 17.6 Å². The number of rotatable bonds is 4. The highest BCUT2D eigenvalue weighted by Gasteiger charge is 2.23. The van der Waals surface area contributed by atoms with Crippen LogP contribution < -0.4 is 5.32 Å². The fraction of sp³-hybridized carbons (Fsp3) is 0.562. The van der Waals surface area contributed by atoms with Gasteiger partial charge in [-0.3, -0.25) is 4.79 Å². The van der Waals surface area contributed by atoms with Crippen LogP contribution in [0.2, 0.25) is 5.02 Å². The molecular formula is C16H23ClN2O2. The van der Waals surface area contributed by atoms with Gasteiger partial charge in [0, 0.05) is 31.6 Å². The first-order valence-electron chi connectivity index (χ1n) is 7.47. The second-order valence-corrected chi connectivity index (χ2v) is 6.33. The zero-order valence-corrected chi connectivity index (χ0v) is 13.4. The molecule has 0 spiro atoms. The number of hydrogen-bond acceptors (Lipinski definition) is 3. The second kappa shape index (κ2) is 7.14. The number of halogens is 1. The largest absolute Gasteiger partial charge is 0.506 e. The average molecular weight is 311 g/mol. The van der Waals surface area contributed by atoms with Crippen molar-refractivity contribution in [3.05, 3.63) is 28.8 Å². The maximum atomic E-state index is 11.9. The van der Waals surface area contributed by atoms with E-state index in [4.69, 9.17) is 11.6 Å². The molecule has 2 N–H and O–H groups in total. The molecule has 2 rings (SSSR count). The summed E-state index contributed by atoms with van der Waals surface area (Å²) >= 11 is 5.90. The SMILES string of the molecule is CC(C)C(=O)N1CCC(NCc2ccc(O)c(Cl)c2)CC1. The lowest BCUT2D eigenvalue weighted by atomic mass is 10.0. The average Bonchev–Trinajstić information content (AvgIpc) is 2.48. The number of phenols is 1. The van der Waals surface area contributed by atoms with E-state index >= 15 is 0 Å². The van der Waals surface area contributed by atoms with Crippen LogP contribution >= 0.6 is 11.6 Å². The molecule has 0 aliphatic carbocycles. The second-order valence-electron chi connectivity index (χ2n) is 5.92. The number of nitrogens with zero attached hydrogens (tertiary/aromatic N) is 1. The van der Waals surface area contributed by atoms with Crippen molar-refractivity contribution >= 4 is 17.5 Å². The number of likely N-dealkylation sites (tertiary alicyclic amines) is 1. The molecule has 1 aliphatic rings. The Kier molecular flexibility index (Phi) is 5.48. The van der Waals surface area contributed by atoms with Crippen molar-refractivity contribution in [1.82, 2.24) is 10.2 Å². The summed E-state index contributed by atoms with van der Waals surface area (Å²) in [6.07, 6.45) is 1.95. The Hall–Kier alpha value is -1.26. The minimum absolute atomic E-state index is 0.0775. The minimum Gasteiger partial charge on any atom is -0.506 e. The van der Waals surface area contributed by atoms with Crippen molar-refractivity contribution in [3.63, 3.8) is 0 Å². The van der Waals surface area contributed by atoms with Gasteiger partial charge in [-0.25, -0.2) is 0 Å². The van der Waals surface area contributed by atoms with E-state index in [0.29, 0.717) is 11.1 Å². The number of nitrogens with one attached hydrogen (secondary N) is 1. The normalized spacial score (nSPS) is 16.5. The van der Waals surface area contributed by atoms with Gasteiger partial charge in [-0.2, -0.15) is 0 Å². The molecule has 0 atom stereocenters. The van der Waals surface area contributed by atoms with Gasteiger partial charge in [-0.05, 0) is 30.5 Å². The molecule has 0 bridgehead atoms. The monoisotopic (exact) mass is 310 g/mol. The van der Waals surface area contributed by atoms with E-state index in [1.807, 2.05) is 24.8 Å². The summed E-state index contributed by atoms with van der Waals surface area (Å²) in [4.78, 5) is 13.9. The molecule has 116 valence electrons. The molecule has 1 aromatic rings. The third kappa shape index (κ3) is 4.35. The topological polar surface area (TPSA) is 52.6 Å². The molecule has 1 saturated heterocycles. The van der Waals surface area contributed by atoms with E-state index in [0.717, 1.165) is 38.0 Å². The first-order valence-corrected chi connectivity index (χ1v) is 7.84. The molecule has 1 aromatic carbocycles. The van der Waals surface area contributed by atoms with Gasteiger partial charge in [0.05, 0.1) is 5.02 Å². The Morgan fingerprint density at radius 3 is 2.67 bits per heavy atom. The number of carbonyl (C=O) groups is 1. The smallest absolute Gasteiger partial charge is 0.225 e. The van der Waals surface area contributed by atoms with Crippen molar-refractivity contribution in [2.24, 2.45) is 5.92 Å². The Morgan fingerprint density at radius 2 is 2.10 bits per heavy atom. The third-order valence-corrected chi connectivity index (χ3v) is 4.21. The van der Waals surface area contributed by atoms with Crippen LogP contribution in [0.1, 0.15) is 32.3 Å². The zero-order valence-electron chi connectivity index (χ0n) is 12.6. The standard InChI is InChI=1S/C16H23ClN2O2/c1-11(2)16(21)19-7-5-13(6-8-19)18-10-12-3-4-15(20)14(17)9-12/h3-4,9,11,13,18,20H,5-8,10H2,1-2H3. The van der Waals surface area contributed by atoms with Crippen molar-refractivity contribution in [1.29, 1.82) is 0 Å². The number of hydrogen-bond donors (Lipinski definition) is 2. The van der Waals surface area contributed by atoms with Crippen LogP contribution in [-0.2, 0) is 11.3 Å². The zero-order chi connectivity index (χ0) is 15.4. The number of aromatic hydroxyl groups is 1. The van der Waals surface area contributed by atoms with Crippen LogP contribution in [-0.4, -0.2) is 35.0 Å². The molecule has 0 radical (unpaired) electrons. The maximum absolute atomic E-state index is 11.9. The summed E-state index contributed by atoms with van der Waals surface area (Å²) in [5.74, 6) is 0.438. The van der Waals surface area contributed by atoms with Gasteiger partial charge in [0.15, 0.2) is 0 Å². The lowest BCUT2D eigenvalue weighted by Gasteiger charge is -2.33. The molecule has 4 nitrogen and oxygen atoms in total. The molecule has 1 heterocycles. The Morgan fingerprint density at radius 1 is 1.43 bits per heavy atom. The summed E-state index contributed by atoms with van der Waals surface area (Å²) in [5, 5.41) is 13.3. The maximum Gasteiger partial charge on any atom is 0.225 e. The predicted molar refractivity (Wildman–Crippen MR) is 84.4 cm³/mol. The molecule has 0 aromatic heterocycles. The van der Waals surface area contributed by atoms with Gasteiger partial charge in [0.25, 0.3) is 0 Å². The van der Waals surface area contributed by atoms with E-state index in [1.165, 1.54) is 0 Å². The molecule has 0 unspecified atom stereocenters. The van der Waals surface area contributed by atoms with Crippen molar-refractivity contribution in [2.45, 2.75) is 39.3 Å². The van der Waals surface area contributed by atoms with Gasteiger partial charge >= 0.3 is 0 Å². The predicted octanol–water partition coefficient (Wildman–Crippen LogP) is 2.78. The number of phenolic OH excluding ortho intramolecular Hbond substituents is 1. The van der Waals surface area contributed by atoms with Crippen molar-refractivity contribution < 1.29 is 9.90 Å². The Labute approximate surface area is 131 Å². The first-order chi connectivity index (χ1) is 9.97. The quantitative estimate of drug-likeness (QED) is 0.899. The highest BCUT2D eigenvalue weighted by atomic mass is 35.5. The van der Waals surface area contributed by atoms with Gasteiger partial charge < -0.3 is 15.3 Å². The summed E-state index contributed by atoms with van der Waals surface area (Å²) < 4.78 is 0. The summed E-state index contributed by atoms with van der Waals surface area (Å²) in [6, 6.07) is 5.68. The lowest BCUT2D eigenvalue weighted by Crippen LogP contribution is -2.45. The van der Waals surface area contributed by atoms with Crippen LogP contribution in [0.3, 0.4) is 0 Å². The Bertz CT molecular complexity index is 497.